The van der Waals surface area contributed by atoms with Gasteiger partial charge in [0.2, 0.25) is 11.7 Å². The third kappa shape index (κ3) is 3.91. The van der Waals surface area contributed by atoms with Gasteiger partial charge < -0.3 is 14.7 Å². The van der Waals surface area contributed by atoms with Crippen molar-refractivity contribution in [3.63, 3.8) is 0 Å². The summed E-state index contributed by atoms with van der Waals surface area (Å²) >= 11 is 0. The number of aromatic nitrogens is 2. The molecule has 0 aliphatic carbocycles. The standard InChI is InChI=1S/C22H24N4O2/c1-16-8-5-6-11-18(16)20-24-21(28-25-20)19-12-7-15-26(19)22(27)23-14-13-17-9-3-2-4-10-17/h2-6,8-11,19H,7,12-15H2,1H3,(H,23,27). The summed E-state index contributed by atoms with van der Waals surface area (Å²) in [5, 5.41) is 7.16. The molecule has 1 N–H and O–H groups in total. The predicted molar refractivity (Wildman–Crippen MR) is 107 cm³/mol. The van der Waals surface area contributed by atoms with Crippen molar-refractivity contribution in [2.45, 2.75) is 32.2 Å². The molecule has 0 saturated carbocycles. The summed E-state index contributed by atoms with van der Waals surface area (Å²) < 4.78 is 5.53. The predicted octanol–water partition coefficient (Wildman–Crippen LogP) is 4.13. The molecule has 144 valence electrons. The SMILES string of the molecule is Cc1ccccc1-c1noc(C2CCCN2C(=O)NCCc2ccccc2)n1. The number of carbonyl (C=O) groups excluding carboxylic acids is 1. The Morgan fingerprint density at radius 2 is 1.96 bits per heavy atom. The van der Waals surface area contributed by atoms with Gasteiger partial charge in [-0.3, -0.25) is 0 Å². The molecule has 2 aromatic carbocycles. The van der Waals surface area contributed by atoms with Gasteiger partial charge in [-0.15, -0.1) is 0 Å². The largest absolute Gasteiger partial charge is 0.338 e. The van der Waals surface area contributed by atoms with Gasteiger partial charge in [0, 0.05) is 18.7 Å². The van der Waals surface area contributed by atoms with E-state index in [9.17, 15) is 4.79 Å². The monoisotopic (exact) mass is 376 g/mol. The van der Waals surface area contributed by atoms with E-state index in [1.54, 1.807) is 4.90 Å². The molecule has 3 aromatic rings. The molecule has 1 aliphatic heterocycles. The van der Waals surface area contributed by atoms with Gasteiger partial charge in [-0.2, -0.15) is 4.98 Å². The molecule has 4 rings (SSSR count). The molecule has 2 heterocycles. The first-order valence-corrected chi connectivity index (χ1v) is 9.70. The first kappa shape index (κ1) is 18.2. The van der Waals surface area contributed by atoms with E-state index in [0.29, 0.717) is 24.8 Å². The molecule has 28 heavy (non-hydrogen) atoms. The molecule has 1 aromatic heterocycles. The Balaban J connectivity index is 1.41. The van der Waals surface area contributed by atoms with Gasteiger partial charge in [-0.25, -0.2) is 4.79 Å². The van der Waals surface area contributed by atoms with Crippen LogP contribution in [0.2, 0.25) is 0 Å². The van der Waals surface area contributed by atoms with Crippen LogP contribution in [-0.2, 0) is 6.42 Å². The Morgan fingerprint density at radius 3 is 2.79 bits per heavy atom. The Hall–Kier alpha value is -3.15. The van der Waals surface area contributed by atoms with Gasteiger partial charge >= 0.3 is 6.03 Å². The van der Waals surface area contributed by atoms with Crippen LogP contribution >= 0.6 is 0 Å². The summed E-state index contributed by atoms with van der Waals surface area (Å²) in [5.41, 5.74) is 3.26. The maximum absolute atomic E-state index is 12.7. The van der Waals surface area contributed by atoms with E-state index in [2.05, 4.69) is 27.6 Å². The highest BCUT2D eigenvalue weighted by Gasteiger charge is 2.34. The van der Waals surface area contributed by atoms with Crippen LogP contribution < -0.4 is 5.32 Å². The zero-order valence-corrected chi connectivity index (χ0v) is 16.0. The maximum atomic E-state index is 12.7. The molecule has 1 aliphatic rings. The quantitative estimate of drug-likeness (QED) is 0.727. The van der Waals surface area contributed by atoms with Crippen LogP contribution in [0.3, 0.4) is 0 Å². The van der Waals surface area contributed by atoms with Crippen LogP contribution in [0.25, 0.3) is 11.4 Å². The van der Waals surface area contributed by atoms with Crippen molar-refractivity contribution >= 4 is 6.03 Å². The van der Waals surface area contributed by atoms with E-state index in [0.717, 1.165) is 30.4 Å². The van der Waals surface area contributed by atoms with Crippen molar-refractivity contribution in [3.05, 3.63) is 71.6 Å². The van der Waals surface area contributed by atoms with Crippen molar-refractivity contribution in [2.24, 2.45) is 0 Å². The number of likely N-dealkylation sites (tertiary alicyclic amines) is 1. The minimum atomic E-state index is -0.165. The molecule has 1 saturated heterocycles. The Labute approximate surface area is 164 Å². The Morgan fingerprint density at radius 1 is 1.18 bits per heavy atom. The first-order chi connectivity index (χ1) is 13.7. The van der Waals surface area contributed by atoms with Crippen LogP contribution in [0.4, 0.5) is 4.79 Å². The van der Waals surface area contributed by atoms with E-state index in [1.165, 1.54) is 5.56 Å². The van der Waals surface area contributed by atoms with Crippen molar-refractivity contribution in [3.8, 4) is 11.4 Å². The van der Waals surface area contributed by atoms with Crippen LogP contribution in [0.5, 0.6) is 0 Å². The number of nitrogens with zero attached hydrogens (tertiary/aromatic N) is 3. The second-order valence-corrected chi connectivity index (χ2v) is 7.09. The van der Waals surface area contributed by atoms with E-state index in [-0.39, 0.29) is 12.1 Å². The lowest BCUT2D eigenvalue weighted by atomic mass is 10.1. The fraction of sp³-hybridized carbons (Fsp3) is 0.318. The van der Waals surface area contributed by atoms with Gasteiger partial charge in [0.1, 0.15) is 6.04 Å². The van der Waals surface area contributed by atoms with Gasteiger partial charge in [-0.1, -0.05) is 59.8 Å². The van der Waals surface area contributed by atoms with Gasteiger partial charge in [0.25, 0.3) is 0 Å². The van der Waals surface area contributed by atoms with Crippen LogP contribution in [0, 0.1) is 6.92 Å². The first-order valence-electron chi connectivity index (χ1n) is 9.70. The molecular formula is C22H24N4O2. The number of carbonyl (C=O) groups is 1. The maximum Gasteiger partial charge on any atom is 0.318 e. The molecule has 0 spiro atoms. The lowest BCUT2D eigenvalue weighted by molar-refractivity contribution is 0.180. The third-order valence-corrected chi connectivity index (χ3v) is 5.16. The van der Waals surface area contributed by atoms with E-state index in [4.69, 9.17) is 4.52 Å². The Bertz CT molecular complexity index is 938. The van der Waals surface area contributed by atoms with E-state index >= 15 is 0 Å². The van der Waals surface area contributed by atoms with Crippen LogP contribution in [-0.4, -0.2) is 34.2 Å². The lowest BCUT2D eigenvalue weighted by Crippen LogP contribution is -2.40. The molecule has 6 heteroatoms. The number of aryl methyl sites for hydroxylation is 1. The zero-order valence-electron chi connectivity index (χ0n) is 16.0. The fourth-order valence-corrected chi connectivity index (χ4v) is 3.63. The van der Waals surface area contributed by atoms with Crippen molar-refractivity contribution in [1.82, 2.24) is 20.4 Å². The summed E-state index contributed by atoms with van der Waals surface area (Å²) in [6, 6.07) is 17.8. The second kappa shape index (κ2) is 8.25. The summed E-state index contributed by atoms with van der Waals surface area (Å²) in [6.45, 7) is 3.32. The number of urea groups is 1. The molecule has 6 nitrogen and oxygen atoms in total. The smallest absolute Gasteiger partial charge is 0.318 e. The highest BCUT2D eigenvalue weighted by Crippen LogP contribution is 2.32. The van der Waals surface area contributed by atoms with Crippen molar-refractivity contribution < 1.29 is 9.32 Å². The molecule has 1 unspecified atom stereocenters. The average molecular weight is 376 g/mol. The van der Waals surface area contributed by atoms with E-state index < -0.39 is 0 Å². The Kier molecular flexibility index (Phi) is 5.37. The minimum absolute atomic E-state index is 0.0749. The van der Waals surface area contributed by atoms with Crippen LogP contribution in [0.15, 0.2) is 59.1 Å². The summed E-state index contributed by atoms with van der Waals surface area (Å²) in [7, 11) is 0. The molecular weight excluding hydrogens is 352 g/mol. The number of nitrogens with one attached hydrogen (secondary N) is 1. The normalized spacial score (nSPS) is 16.3. The number of benzene rings is 2. The van der Waals surface area contributed by atoms with Crippen molar-refractivity contribution in [2.75, 3.05) is 13.1 Å². The summed E-state index contributed by atoms with van der Waals surface area (Å²) in [5.74, 6) is 1.08. The van der Waals surface area contributed by atoms with Gasteiger partial charge in [-0.05, 0) is 37.3 Å². The van der Waals surface area contributed by atoms with E-state index in [1.807, 2.05) is 49.4 Å². The van der Waals surface area contributed by atoms with Crippen LogP contribution in [0.1, 0.15) is 35.9 Å². The summed E-state index contributed by atoms with van der Waals surface area (Å²) in [6.07, 6.45) is 2.57. The minimum Gasteiger partial charge on any atom is -0.338 e. The number of rotatable bonds is 5. The fourth-order valence-electron chi connectivity index (χ4n) is 3.63. The van der Waals surface area contributed by atoms with Gasteiger partial charge in [0.05, 0.1) is 0 Å². The van der Waals surface area contributed by atoms with Gasteiger partial charge in [0.15, 0.2) is 0 Å². The number of hydrogen-bond donors (Lipinski definition) is 1. The highest BCUT2D eigenvalue weighted by atomic mass is 16.5. The topological polar surface area (TPSA) is 71.3 Å². The average Bonchev–Trinajstić information content (AvgIpc) is 3.38. The second-order valence-electron chi connectivity index (χ2n) is 7.09. The van der Waals surface area contributed by atoms with Crippen molar-refractivity contribution in [1.29, 1.82) is 0 Å². The molecule has 2 amide bonds. The summed E-state index contributed by atoms with van der Waals surface area (Å²) in [4.78, 5) is 19.1. The number of amides is 2. The number of hydrogen-bond acceptors (Lipinski definition) is 4. The molecule has 0 radical (unpaired) electrons. The lowest BCUT2D eigenvalue weighted by Gasteiger charge is -2.22. The third-order valence-electron chi connectivity index (χ3n) is 5.16. The molecule has 1 atom stereocenters. The molecule has 0 bridgehead atoms. The molecule has 1 fully saturated rings. The zero-order chi connectivity index (χ0) is 19.3. The highest BCUT2D eigenvalue weighted by molar-refractivity contribution is 5.75.